The molecule has 9 nitrogen and oxygen atoms in total. The lowest BCUT2D eigenvalue weighted by atomic mass is 10.1. The molecule has 0 aliphatic rings. The minimum Gasteiger partial charge on any atom is -0.329 e. The third-order valence-corrected chi connectivity index (χ3v) is 3.65. The van der Waals surface area contributed by atoms with E-state index in [9.17, 15) is 14.4 Å². The summed E-state index contributed by atoms with van der Waals surface area (Å²) in [6, 6.07) is 19.2. The highest BCUT2D eigenvalue weighted by Crippen LogP contribution is 2.16. The lowest BCUT2D eigenvalue weighted by Crippen LogP contribution is -2.47. The Balaban J connectivity index is 1.42. The minimum absolute atomic E-state index is 0.189. The lowest BCUT2D eigenvalue weighted by molar-refractivity contribution is -0.120. The van der Waals surface area contributed by atoms with Crippen LogP contribution >= 0.6 is 0 Å². The number of hydrogen-bond acceptors (Lipinski definition) is 4. The second kappa shape index (κ2) is 8.99. The van der Waals surface area contributed by atoms with Crippen molar-refractivity contribution in [2.24, 2.45) is 0 Å². The number of hydrazine groups is 1. The zero-order valence-corrected chi connectivity index (χ0v) is 14.7. The van der Waals surface area contributed by atoms with Gasteiger partial charge in [-0.05, 0) is 18.2 Å². The van der Waals surface area contributed by atoms with Crippen LogP contribution in [0.2, 0.25) is 0 Å². The molecule has 4 amide bonds. The maximum Gasteiger partial charge on any atom is 0.319 e. The SMILES string of the molecule is O=C(CNC(=O)Nc1ccccc1)NNC(=O)c1cc(-c2ccccc2)n[nH]1. The predicted molar refractivity (Wildman–Crippen MR) is 103 cm³/mol. The molecule has 3 rings (SSSR count). The summed E-state index contributed by atoms with van der Waals surface area (Å²) in [7, 11) is 0. The van der Waals surface area contributed by atoms with Crippen molar-refractivity contribution in [2.75, 3.05) is 11.9 Å². The molecule has 5 N–H and O–H groups in total. The van der Waals surface area contributed by atoms with E-state index in [-0.39, 0.29) is 12.2 Å². The molecule has 0 saturated carbocycles. The Morgan fingerprint density at radius 2 is 1.57 bits per heavy atom. The van der Waals surface area contributed by atoms with E-state index < -0.39 is 17.8 Å². The van der Waals surface area contributed by atoms with Crippen LogP contribution in [0.5, 0.6) is 0 Å². The fourth-order valence-electron chi connectivity index (χ4n) is 2.29. The van der Waals surface area contributed by atoms with Crippen LogP contribution in [-0.4, -0.2) is 34.6 Å². The van der Waals surface area contributed by atoms with E-state index >= 15 is 0 Å². The average Bonchev–Trinajstić information content (AvgIpc) is 3.22. The van der Waals surface area contributed by atoms with Gasteiger partial charge in [-0.15, -0.1) is 0 Å². The van der Waals surface area contributed by atoms with Crippen LogP contribution in [0.15, 0.2) is 66.7 Å². The summed E-state index contributed by atoms with van der Waals surface area (Å²) in [5.74, 6) is -1.14. The van der Waals surface area contributed by atoms with Crippen molar-refractivity contribution in [1.29, 1.82) is 0 Å². The molecule has 142 valence electrons. The number of carbonyl (C=O) groups is 3. The van der Waals surface area contributed by atoms with Crippen LogP contribution in [0.3, 0.4) is 0 Å². The Hall–Kier alpha value is -4.14. The number of nitrogens with zero attached hydrogens (tertiary/aromatic N) is 1. The quantitative estimate of drug-likeness (QED) is 0.433. The van der Waals surface area contributed by atoms with Gasteiger partial charge in [0.05, 0.1) is 5.69 Å². The molecule has 0 saturated heterocycles. The van der Waals surface area contributed by atoms with Crippen LogP contribution in [0, 0.1) is 0 Å². The Bertz CT molecular complexity index is 956. The van der Waals surface area contributed by atoms with E-state index in [0.717, 1.165) is 5.56 Å². The number of carbonyl (C=O) groups excluding carboxylic acids is 3. The number of para-hydroxylation sites is 1. The van der Waals surface area contributed by atoms with Gasteiger partial charge in [-0.2, -0.15) is 5.10 Å². The highest BCUT2D eigenvalue weighted by Gasteiger charge is 2.12. The largest absolute Gasteiger partial charge is 0.329 e. The lowest BCUT2D eigenvalue weighted by Gasteiger charge is -2.08. The van der Waals surface area contributed by atoms with Crippen LogP contribution < -0.4 is 21.5 Å². The monoisotopic (exact) mass is 378 g/mol. The van der Waals surface area contributed by atoms with E-state index in [0.29, 0.717) is 11.4 Å². The molecular weight excluding hydrogens is 360 g/mol. The number of aromatic nitrogens is 2. The summed E-state index contributed by atoms with van der Waals surface area (Å²) >= 11 is 0. The standard InChI is InChI=1S/C19H18N6O3/c26-17(12-20-19(28)21-14-9-5-2-6-10-14)24-25-18(27)16-11-15(22-23-16)13-7-3-1-4-8-13/h1-11H,12H2,(H,22,23)(H,24,26)(H,25,27)(H2,20,21,28). The van der Waals surface area contributed by atoms with Crippen molar-refractivity contribution in [3.8, 4) is 11.3 Å². The summed E-state index contributed by atoms with van der Waals surface area (Å²) in [6.45, 7) is -0.308. The molecule has 3 aromatic rings. The van der Waals surface area contributed by atoms with E-state index in [1.807, 2.05) is 36.4 Å². The first-order chi connectivity index (χ1) is 13.6. The van der Waals surface area contributed by atoms with Crippen molar-refractivity contribution in [3.63, 3.8) is 0 Å². The topological polar surface area (TPSA) is 128 Å². The first kappa shape index (κ1) is 18.6. The summed E-state index contributed by atoms with van der Waals surface area (Å²) in [5.41, 5.74) is 6.73. The van der Waals surface area contributed by atoms with Crippen molar-refractivity contribution in [2.45, 2.75) is 0 Å². The van der Waals surface area contributed by atoms with E-state index in [4.69, 9.17) is 0 Å². The first-order valence-corrected chi connectivity index (χ1v) is 8.42. The van der Waals surface area contributed by atoms with Gasteiger partial charge in [0.2, 0.25) is 0 Å². The molecule has 1 aromatic heterocycles. The average molecular weight is 378 g/mol. The molecule has 28 heavy (non-hydrogen) atoms. The summed E-state index contributed by atoms with van der Waals surface area (Å²) in [6.07, 6.45) is 0. The molecule has 0 radical (unpaired) electrons. The number of nitrogens with one attached hydrogen (secondary N) is 5. The van der Waals surface area contributed by atoms with Gasteiger partial charge in [0.15, 0.2) is 0 Å². The van der Waals surface area contributed by atoms with Gasteiger partial charge < -0.3 is 10.6 Å². The second-order valence-corrected chi connectivity index (χ2v) is 5.71. The Kier molecular flexibility index (Phi) is 5.99. The van der Waals surface area contributed by atoms with Crippen molar-refractivity contribution in [3.05, 3.63) is 72.4 Å². The molecule has 0 aliphatic carbocycles. The predicted octanol–water partition coefficient (Wildman–Crippen LogP) is 1.66. The smallest absolute Gasteiger partial charge is 0.319 e. The number of rotatable bonds is 5. The van der Waals surface area contributed by atoms with Crippen LogP contribution in [0.4, 0.5) is 10.5 Å². The third-order valence-electron chi connectivity index (χ3n) is 3.65. The molecule has 1 heterocycles. The molecule has 0 spiro atoms. The number of amides is 4. The molecule has 0 unspecified atom stereocenters. The Morgan fingerprint density at radius 3 is 2.29 bits per heavy atom. The van der Waals surface area contributed by atoms with Crippen molar-refractivity contribution >= 4 is 23.5 Å². The number of aromatic amines is 1. The first-order valence-electron chi connectivity index (χ1n) is 8.42. The van der Waals surface area contributed by atoms with Gasteiger partial charge in [-0.1, -0.05) is 48.5 Å². The Morgan fingerprint density at radius 1 is 0.893 bits per heavy atom. The van der Waals surface area contributed by atoms with Gasteiger partial charge in [0.25, 0.3) is 11.8 Å². The molecule has 0 fully saturated rings. The van der Waals surface area contributed by atoms with Crippen LogP contribution in [0.25, 0.3) is 11.3 Å². The van der Waals surface area contributed by atoms with Gasteiger partial charge >= 0.3 is 6.03 Å². The number of urea groups is 1. The normalized spacial score (nSPS) is 10.0. The van der Waals surface area contributed by atoms with Gasteiger partial charge in [0.1, 0.15) is 12.2 Å². The maximum atomic E-state index is 12.1. The zero-order chi connectivity index (χ0) is 19.8. The van der Waals surface area contributed by atoms with E-state index in [1.165, 1.54) is 0 Å². The fourth-order valence-corrected chi connectivity index (χ4v) is 2.29. The van der Waals surface area contributed by atoms with Crippen LogP contribution in [-0.2, 0) is 4.79 Å². The highest BCUT2D eigenvalue weighted by atomic mass is 16.2. The number of anilines is 1. The zero-order valence-electron chi connectivity index (χ0n) is 14.7. The van der Waals surface area contributed by atoms with Gasteiger partial charge in [0, 0.05) is 11.3 Å². The summed E-state index contributed by atoms with van der Waals surface area (Å²) in [5, 5.41) is 11.6. The number of benzene rings is 2. The summed E-state index contributed by atoms with van der Waals surface area (Å²) < 4.78 is 0. The van der Waals surface area contributed by atoms with Gasteiger partial charge in [-0.25, -0.2) is 4.79 Å². The summed E-state index contributed by atoms with van der Waals surface area (Å²) in [4.78, 5) is 35.6. The molecule has 9 heteroatoms. The van der Waals surface area contributed by atoms with E-state index in [1.54, 1.807) is 30.3 Å². The highest BCUT2D eigenvalue weighted by molar-refractivity contribution is 5.96. The molecule has 0 aliphatic heterocycles. The van der Waals surface area contributed by atoms with Crippen molar-refractivity contribution < 1.29 is 14.4 Å². The van der Waals surface area contributed by atoms with Crippen molar-refractivity contribution in [1.82, 2.24) is 26.4 Å². The Labute approximate surface area is 160 Å². The molecule has 2 aromatic carbocycles. The maximum absolute atomic E-state index is 12.1. The molecule has 0 bridgehead atoms. The van der Waals surface area contributed by atoms with Gasteiger partial charge in [-0.3, -0.25) is 25.5 Å². The molecular formula is C19H18N6O3. The number of H-pyrrole nitrogens is 1. The fraction of sp³-hybridized carbons (Fsp3) is 0.0526. The molecule has 0 atom stereocenters. The third kappa shape index (κ3) is 5.18. The minimum atomic E-state index is -0.584. The number of hydrogen-bond donors (Lipinski definition) is 5. The van der Waals surface area contributed by atoms with Crippen LogP contribution in [0.1, 0.15) is 10.5 Å². The second-order valence-electron chi connectivity index (χ2n) is 5.71. The van der Waals surface area contributed by atoms with E-state index in [2.05, 4.69) is 31.7 Å².